The van der Waals surface area contributed by atoms with Gasteiger partial charge in [0.2, 0.25) is 0 Å². The fourth-order valence-electron chi connectivity index (χ4n) is 2.20. The number of benzene rings is 1. The first-order valence-corrected chi connectivity index (χ1v) is 5.83. The number of ether oxygens (including phenoxy) is 1. The number of aryl methyl sites for hydroxylation is 2. The van der Waals surface area contributed by atoms with Gasteiger partial charge in [0.1, 0.15) is 5.41 Å². The maximum absolute atomic E-state index is 10.4. The second-order valence-corrected chi connectivity index (χ2v) is 4.82. The Morgan fingerprint density at radius 3 is 2.71 bits per heavy atom. The number of hydrogen-bond acceptors (Lipinski definition) is 3. The van der Waals surface area contributed by atoms with E-state index in [1.54, 1.807) is 0 Å². The zero-order valence-electron chi connectivity index (χ0n) is 10.2. The molecule has 90 valence electrons. The lowest BCUT2D eigenvalue weighted by Gasteiger charge is -2.26. The topological polar surface area (TPSA) is 53.2 Å². The van der Waals surface area contributed by atoms with Gasteiger partial charge in [0.25, 0.3) is 0 Å². The maximum Gasteiger partial charge on any atom is 0.113 e. The summed E-state index contributed by atoms with van der Waals surface area (Å²) in [7, 11) is 0. The van der Waals surface area contributed by atoms with Crippen LogP contribution < -0.4 is 0 Å². The molecule has 1 heterocycles. The molecule has 0 aliphatic carbocycles. The highest BCUT2D eigenvalue weighted by Crippen LogP contribution is 2.40. The minimum absolute atomic E-state index is 0.317. The molecule has 2 unspecified atom stereocenters. The van der Waals surface area contributed by atoms with Gasteiger partial charge in [-0.2, -0.15) is 5.26 Å². The van der Waals surface area contributed by atoms with E-state index in [4.69, 9.17) is 4.74 Å². The highest BCUT2D eigenvalue weighted by molar-refractivity contribution is 5.33. The van der Waals surface area contributed by atoms with Crippen LogP contribution in [-0.4, -0.2) is 18.3 Å². The summed E-state index contributed by atoms with van der Waals surface area (Å²) in [5, 5.41) is 19.7. The van der Waals surface area contributed by atoms with Gasteiger partial charge in [0.05, 0.1) is 18.8 Å². The van der Waals surface area contributed by atoms with E-state index in [0.717, 1.165) is 11.1 Å². The lowest BCUT2D eigenvalue weighted by Crippen LogP contribution is -2.27. The Kier molecular flexibility index (Phi) is 3.19. The molecule has 0 spiro atoms. The molecule has 0 saturated carbocycles. The van der Waals surface area contributed by atoms with Crippen molar-refractivity contribution >= 4 is 0 Å². The summed E-state index contributed by atoms with van der Waals surface area (Å²) in [6, 6.07) is 8.06. The van der Waals surface area contributed by atoms with Crippen molar-refractivity contribution in [3.63, 3.8) is 0 Å². The smallest absolute Gasteiger partial charge is 0.113 e. The molecule has 1 aliphatic heterocycles. The number of aliphatic hydroxyl groups excluding tert-OH is 1. The molecule has 1 fully saturated rings. The lowest BCUT2D eigenvalue weighted by atomic mass is 9.79. The SMILES string of the molecule is Cc1ccc(C(O)C2(C#N)CCOC2)cc1C. The molecule has 0 radical (unpaired) electrons. The normalized spacial score (nSPS) is 25.5. The van der Waals surface area contributed by atoms with E-state index in [9.17, 15) is 10.4 Å². The van der Waals surface area contributed by atoms with Gasteiger partial charge in [-0.3, -0.25) is 0 Å². The maximum atomic E-state index is 10.4. The molecule has 1 saturated heterocycles. The van der Waals surface area contributed by atoms with Gasteiger partial charge in [-0.25, -0.2) is 0 Å². The van der Waals surface area contributed by atoms with Crippen molar-refractivity contribution in [1.82, 2.24) is 0 Å². The first-order valence-electron chi connectivity index (χ1n) is 5.83. The van der Waals surface area contributed by atoms with Crippen molar-refractivity contribution in [3.8, 4) is 6.07 Å². The fourth-order valence-corrected chi connectivity index (χ4v) is 2.20. The molecular weight excluding hydrogens is 214 g/mol. The average molecular weight is 231 g/mol. The zero-order valence-corrected chi connectivity index (χ0v) is 10.2. The van der Waals surface area contributed by atoms with E-state index in [1.807, 2.05) is 32.0 Å². The first kappa shape index (κ1) is 12.1. The summed E-state index contributed by atoms with van der Waals surface area (Å²) in [5.74, 6) is 0. The summed E-state index contributed by atoms with van der Waals surface area (Å²) in [6.07, 6.45) is -0.174. The summed E-state index contributed by atoms with van der Waals surface area (Å²) >= 11 is 0. The quantitative estimate of drug-likeness (QED) is 0.849. The predicted molar refractivity (Wildman–Crippen MR) is 64.4 cm³/mol. The third kappa shape index (κ3) is 2.06. The van der Waals surface area contributed by atoms with Crippen LogP contribution in [0.4, 0.5) is 0 Å². The fraction of sp³-hybridized carbons (Fsp3) is 0.500. The highest BCUT2D eigenvalue weighted by atomic mass is 16.5. The molecule has 2 atom stereocenters. The number of nitriles is 1. The van der Waals surface area contributed by atoms with Crippen molar-refractivity contribution in [2.75, 3.05) is 13.2 Å². The largest absolute Gasteiger partial charge is 0.387 e. The van der Waals surface area contributed by atoms with Crippen molar-refractivity contribution in [1.29, 1.82) is 5.26 Å². The second-order valence-electron chi connectivity index (χ2n) is 4.82. The Morgan fingerprint density at radius 2 is 2.18 bits per heavy atom. The van der Waals surface area contributed by atoms with E-state index in [2.05, 4.69) is 6.07 Å². The molecule has 3 nitrogen and oxygen atoms in total. The van der Waals surface area contributed by atoms with Gasteiger partial charge in [-0.15, -0.1) is 0 Å². The van der Waals surface area contributed by atoms with Gasteiger partial charge in [-0.05, 0) is 37.0 Å². The summed E-state index contributed by atoms with van der Waals surface area (Å²) in [5.41, 5.74) is 2.35. The van der Waals surface area contributed by atoms with Gasteiger partial charge < -0.3 is 9.84 Å². The van der Waals surface area contributed by atoms with Crippen molar-refractivity contribution < 1.29 is 9.84 Å². The Labute approximate surface area is 102 Å². The van der Waals surface area contributed by atoms with Crippen molar-refractivity contribution in [3.05, 3.63) is 34.9 Å². The molecule has 1 aliphatic rings. The van der Waals surface area contributed by atoms with Crippen molar-refractivity contribution in [2.24, 2.45) is 5.41 Å². The first-order chi connectivity index (χ1) is 8.09. The van der Waals surface area contributed by atoms with Crippen LogP contribution in [0.3, 0.4) is 0 Å². The van der Waals surface area contributed by atoms with Crippen LogP contribution >= 0.6 is 0 Å². The molecule has 0 amide bonds. The molecule has 1 aromatic carbocycles. The van der Waals surface area contributed by atoms with E-state index in [0.29, 0.717) is 19.6 Å². The van der Waals surface area contributed by atoms with Crippen LogP contribution in [0.15, 0.2) is 18.2 Å². The van der Waals surface area contributed by atoms with Gasteiger partial charge in [0.15, 0.2) is 0 Å². The third-order valence-corrected chi connectivity index (χ3v) is 3.64. The number of rotatable bonds is 2. The van der Waals surface area contributed by atoms with E-state index >= 15 is 0 Å². The summed E-state index contributed by atoms with van der Waals surface area (Å²) in [6.45, 7) is 4.91. The number of aliphatic hydroxyl groups is 1. The lowest BCUT2D eigenvalue weighted by molar-refractivity contribution is 0.0503. The molecule has 1 aromatic rings. The van der Waals surface area contributed by atoms with E-state index < -0.39 is 11.5 Å². The van der Waals surface area contributed by atoms with Crippen LogP contribution in [0.2, 0.25) is 0 Å². The van der Waals surface area contributed by atoms with Crippen LogP contribution in [0.5, 0.6) is 0 Å². The number of nitrogens with zero attached hydrogens (tertiary/aromatic N) is 1. The predicted octanol–water partition coefficient (Wildman–Crippen LogP) is 2.27. The summed E-state index contributed by atoms with van der Waals surface area (Å²) in [4.78, 5) is 0. The molecule has 2 rings (SSSR count). The van der Waals surface area contributed by atoms with Gasteiger partial charge in [-0.1, -0.05) is 18.2 Å². The Balaban J connectivity index is 2.33. The average Bonchev–Trinajstić information content (AvgIpc) is 2.81. The molecule has 3 heteroatoms. The third-order valence-electron chi connectivity index (χ3n) is 3.64. The Morgan fingerprint density at radius 1 is 1.41 bits per heavy atom. The van der Waals surface area contributed by atoms with Crippen LogP contribution in [0, 0.1) is 30.6 Å². The zero-order chi connectivity index (χ0) is 12.5. The van der Waals surface area contributed by atoms with Crippen LogP contribution in [0.25, 0.3) is 0 Å². The monoisotopic (exact) mass is 231 g/mol. The van der Waals surface area contributed by atoms with Gasteiger partial charge >= 0.3 is 0 Å². The Bertz CT molecular complexity index is 456. The van der Waals surface area contributed by atoms with Crippen LogP contribution in [-0.2, 0) is 4.74 Å². The van der Waals surface area contributed by atoms with E-state index in [1.165, 1.54) is 5.56 Å². The molecule has 0 bridgehead atoms. The molecule has 17 heavy (non-hydrogen) atoms. The minimum Gasteiger partial charge on any atom is -0.387 e. The second kappa shape index (κ2) is 4.48. The van der Waals surface area contributed by atoms with Crippen LogP contribution in [0.1, 0.15) is 29.2 Å². The summed E-state index contributed by atoms with van der Waals surface area (Å²) < 4.78 is 5.27. The van der Waals surface area contributed by atoms with E-state index in [-0.39, 0.29) is 0 Å². The molecular formula is C14H17NO2. The standard InChI is InChI=1S/C14H17NO2/c1-10-3-4-12(7-11(10)2)13(16)14(8-15)5-6-17-9-14/h3-4,7,13,16H,5-6,9H2,1-2H3. The minimum atomic E-state index is -0.776. The van der Waals surface area contributed by atoms with Crippen molar-refractivity contribution in [2.45, 2.75) is 26.4 Å². The highest BCUT2D eigenvalue weighted by Gasteiger charge is 2.43. The molecule has 0 aromatic heterocycles. The Hall–Kier alpha value is -1.37. The van der Waals surface area contributed by atoms with Gasteiger partial charge in [0, 0.05) is 6.61 Å². The number of hydrogen-bond donors (Lipinski definition) is 1. The molecule has 1 N–H and O–H groups in total.